The average molecular weight is 299 g/mol. The van der Waals surface area contributed by atoms with Gasteiger partial charge in [-0.25, -0.2) is 0 Å². The summed E-state index contributed by atoms with van der Waals surface area (Å²) >= 11 is 12.1. The Labute approximate surface area is 122 Å². The number of nitrogens with one attached hydrogen (secondary N) is 1. The van der Waals surface area contributed by atoms with Crippen LogP contribution < -0.4 is 5.32 Å². The lowest BCUT2D eigenvalue weighted by molar-refractivity contribution is -0.121. The summed E-state index contributed by atoms with van der Waals surface area (Å²) in [6.45, 7) is 4.50. The minimum Gasteiger partial charge on any atom is -0.354 e. The van der Waals surface area contributed by atoms with Gasteiger partial charge >= 0.3 is 0 Å². The van der Waals surface area contributed by atoms with Crippen molar-refractivity contribution in [1.29, 1.82) is 0 Å². The summed E-state index contributed by atoms with van der Waals surface area (Å²) in [4.78, 5) is 11.6. The van der Waals surface area contributed by atoms with Gasteiger partial charge in [0, 0.05) is 35.6 Å². The number of carbonyl (C=O) groups excluding carboxylic acids is 1. The Bertz CT molecular complexity index is 605. The molecule has 102 valence electrons. The van der Waals surface area contributed by atoms with Gasteiger partial charge in [-0.05, 0) is 32.0 Å². The van der Waals surface area contributed by atoms with Crippen LogP contribution in [0.15, 0.2) is 24.4 Å². The van der Waals surface area contributed by atoms with Gasteiger partial charge in [-0.2, -0.15) is 0 Å². The predicted molar refractivity (Wildman–Crippen MR) is 79.9 cm³/mol. The van der Waals surface area contributed by atoms with E-state index in [0.29, 0.717) is 23.0 Å². The van der Waals surface area contributed by atoms with Crippen molar-refractivity contribution >= 4 is 40.0 Å². The summed E-state index contributed by atoms with van der Waals surface area (Å²) in [6.07, 6.45) is 2.36. The van der Waals surface area contributed by atoms with E-state index < -0.39 is 0 Å². The summed E-state index contributed by atoms with van der Waals surface area (Å²) in [5, 5.41) is 5.06. The molecule has 1 heterocycles. The zero-order valence-electron chi connectivity index (χ0n) is 10.9. The standard InChI is InChI=1S/C14H16Cl2N2O/c1-9(2)17-14(19)4-6-18-5-3-11-12(16)7-10(15)8-13(11)18/h3,5,7-9H,4,6H2,1-2H3,(H,17,19). The molecule has 0 atom stereocenters. The number of hydrogen-bond donors (Lipinski definition) is 1. The third kappa shape index (κ3) is 3.43. The largest absolute Gasteiger partial charge is 0.354 e. The zero-order chi connectivity index (χ0) is 14.0. The topological polar surface area (TPSA) is 34.0 Å². The van der Waals surface area contributed by atoms with Crippen molar-refractivity contribution in [1.82, 2.24) is 9.88 Å². The van der Waals surface area contributed by atoms with Gasteiger partial charge in [-0.15, -0.1) is 0 Å². The van der Waals surface area contributed by atoms with Crippen LogP contribution in [-0.4, -0.2) is 16.5 Å². The van der Waals surface area contributed by atoms with Crippen LogP contribution in [0, 0.1) is 0 Å². The fourth-order valence-electron chi connectivity index (χ4n) is 2.03. The Morgan fingerprint density at radius 3 is 2.79 bits per heavy atom. The van der Waals surface area contributed by atoms with Gasteiger partial charge in [0.25, 0.3) is 0 Å². The summed E-state index contributed by atoms with van der Waals surface area (Å²) in [5.74, 6) is 0.0463. The first-order valence-corrected chi connectivity index (χ1v) is 6.96. The highest BCUT2D eigenvalue weighted by Crippen LogP contribution is 2.28. The molecule has 0 fully saturated rings. The average Bonchev–Trinajstić information content (AvgIpc) is 2.68. The first-order valence-electron chi connectivity index (χ1n) is 6.20. The van der Waals surface area contributed by atoms with Crippen molar-refractivity contribution in [2.24, 2.45) is 0 Å². The Hall–Kier alpha value is -1.19. The van der Waals surface area contributed by atoms with E-state index in [1.54, 1.807) is 6.07 Å². The molecular formula is C14H16Cl2N2O. The molecule has 2 aromatic rings. The fourth-order valence-corrected chi connectivity index (χ4v) is 2.58. The molecule has 1 amide bonds. The SMILES string of the molecule is CC(C)NC(=O)CCn1ccc2c(Cl)cc(Cl)cc21. The molecule has 0 spiro atoms. The summed E-state index contributed by atoms with van der Waals surface area (Å²) in [6, 6.07) is 5.69. The van der Waals surface area contributed by atoms with E-state index in [1.807, 2.05) is 36.7 Å². The van der Waals surface area contributed by atoms with Crippen LogP contribution in [-0.2, 0) is 11.3 Å². The molecule has 0 radical (unpaired) electrons. The third-order valence-corrected chi connectivity index (χ3v) is 3.36. The highest BCUT2D eigenvalue weighted by Gasteiger charge is 2.08. The van der Waals surface area contributed by atoms with Crippen molar-refractivity contribution in [3.63, 3.8) is 0 Å². The lowest BCUT2D eigenvalue weighted by Gasteiger charge is -2.09. The van der Waals surface area contributed by atoms with Crippen LogP contribution in [0.1, 0.15) is 20.3 Å². The van der Waals surface area contributed by atoms with Gasteiger partial charge in [0.1, 0.15) is 0 Å². The normalized spacial score (nSPS) is 11.2. The highest BCUT2D eigenvalue weighted by molar-refractivity contribution is 6.38. The van der Waals surface area contributed by atoms with Crippen LogP contribution in [0.4, 0.5) is 0 Å². The lowest BCUT2D eigenvalue weighted by atomic mass is 10.2. The summed E-state index contributed by atoms with van der Waals surface area (Å²) in [5.41, 5.74) is 0.954. The molecule has 0 unspecified atom stereocenters. The number of hydrogen-bond acceptors (Lipinski definition) is 1. The van der Waals surface area contributed by atoms with Gasteiger partial charge in [-0.1, -0.05) is 23.2 Å². The van der Waals surface area contributed by atoms with Crippen molar-refractivity contribution in [3.05, 3.63) is 34.4 Å². The number of fused-ring (bicyclic) bond motifs is 1. The molecule has 0 saturated heterocycles. The third-order valence-electron chi connectivity index (χ3n) is 2.83. The van der Waals surface area contributed by atoms with E-state index in [4.69, 9.17) is 23.2 Å². The number of carbonyl (C=O) groups is 1. The van der Waals surface area contributed by atoms with Gasteiger partial charge in [0.05, 0.1) is 10.5 Å². The Balaban J connectivity index is 2.15. The van der Waals surface area contributed by atoms with Crippen LogP contribution in [0.3, 0.4) is 0 Å². The molecule has 0 saturated carbocycles. The minimum absolute atomic E-state index is 0.0463. The van der Waals surface area contributed by atoms with Crippen molar-refractivity contribution in [2.45, 2.75) is 32.9 Å². The Morgan fingerprint density at radius 2 is 2.11 bits per heavy atom. The second kappa shape index (κ2) is 5.85. The second-order valence-electron chi connectivity index (χ2n) is 4.80. The number of aryl methyl sites for hydroxylation is 1. The van der Waals surface area contributed by atoms with E-state index in [2.05, 4.69) is 5.32 Å². The van der Waals surface area contributed by atoms with Crippen molar-refractivity contribution < 1.29 is 4.79 Å². The summed E-state index contributed by atoms with van der Waals surface area (Å²) < 4.78 is 1.99. The lowest BCUT2D eigenvalue weighted by Crippen LogP contribution is -2.30. The highest BCUT2D eigenvalue weighted by atomic mass is 35.5. The van der Waals surface area contributed by atoms with E-state index in [0.717, 1.165) is 10.9 Å². The van der Waals surface area contributed by atoms with Crippen LogP contribution in [0.2, 0.25) is 10.0 Å². The van der Waals surface area contributed by atoms with E-state index in [-0.39, 0.29) is 11.9 Å². The molecule has 3 nitrogen and oxygen atoms in total. The van der Waals surface area contributed by atoms with Gasteiger partial charge in [-0.3, -0.25) is 4.79 Å². The number of aromatic nitrogens is 1. The first kappa shape index (κ1) is 14.2. The molecule has 1 aromatic heterocycles. The van der Waals surface area contributed by atoms with Crippen LogP contribution >= 0.6 is 23.2 Å². The number of nitrogens with zero attached hydrogens (tertiary/aromatic N) is 1. The maximum atomic E-state index is 11.6. The minimum atomic E-state index is 0.0463. The number of halogens is 2. The van der Waals surface area contributed by atoms with Gasteiger partial charge in [0.15, 0.2) is 0 Å². The molecule has 19 heavy (non-hydrogen) atoms. The molecule has 0 aliphatic rings. The number of benzene rings is 1. The fraction of sp³-hybridized carbons (Fsp3) is 0.357. The predicted octanol–water partition coefficient (Wildman–Crippen LogP) is 3.86. The van der Waals surface area contributed by atoms with E-state index >= 15 is 0 Å². The van der Waals surface area contributed by atoms with Crippen molar-refractivity contribution in [3.8, 4) is 0 Å². The Kier molecular flexibility index (Phi) is 4.38. The van der Waals surface area contributed by atoms with Crippen LogP contribution in [0.5, 0.6) is 0 Å². The molecule has 2 rings (SSSR count). The summed E-state index contributed by atoms with van der Waals surface area (Å²) in [7, 11) is 0. The molecule has 1 N–H and O–H groups in total. The quantitative estimate of drug-likeness (QED) is 0.914. The maximum Gasteiger partial charge on any atom is 0.221 e. The molecule has 0 aliphatic carbocycles. The second-order valence-corrected chi connectivity index (χ2v) is 5.65. The van der Waals surface area contributed by atoms with E-state index in [9.17, 15) is 4.79 Å². The smallest absolute Gasteiger partial charge is 0.221 e. The maximum absolute atomic E-state index is 11.6. The van der Waals surface area contributed by atoms with E-state index in [1.165, 1.54) is 0 Å². The van der Waals surface area contributed by atoms with Crippen molar-refractivity contribution in [2.75, 3.05) is 0 Å². The number of amides is 1. The molecule has 1 aromatic carbocycles. The van der Waals surface area contributed by atoms with Gasteiger partial charge < -0.3 is 9.88 Å². The first-order chi connectivity index (χ1) is 8.97. The molecule has 0 bridgehead atoms. The number of rotatable bonds is 4. The monoisotopic (exact) mass is 298 g/mol. The Morgan fingerprint density at radius 1 is 1.37 bits per heavy atom. The van der Waals surface area contributed by atoms with Crippen LogP contribution in [0.25, 0.3) is 10.9 Å². The molecule has 0 aliphatic heterocycles. The van der Waals surface area contributed by atoms with Gasteiger partial charge in [0.2, 0.25) is 5.91 Å². The zero-order valence-corrected chi connectivity index (χ0v) is 12.4. The molecule has 5 heteroatoms. The molecular weight excluding hydrogens is 283 g/mol.